The van der Waals surface area contributed by atoms with Crippen molar-refractivity contribution in [3.05, 3.63) is 12.4 Å². The van der Waals surface area contributed by atoms with E-state index in [4.69, 9.17) is 0 Å². The van der Waals surface area contributed by atoms with Crippen LogP contribution in [-0.2, 0) is 0 Å². The van der Waals surface area contributed by atoms with Crippen molar-refractivity contribution in [2.75, 3.05) is 37.0 Å². The maximum Gasteiger partial charge on any atom is 0.134 e. The molecule has 2 heterocycles. The Morgan fingerprint density at radius 3 is 3.00 bits per heavy atom. The van der Waals surface area contributed by atoms with Crippen LogP contribution in [0.4, 0.5) is 11.6 Å². The lowest BCUT2D eigenvalue weighted by Gasteiger charge is -2.24. The van der Waals surface area contributed by atoms with E-state index in [1.54, 1.807) is 6.33 Å². The first-order chi connectivity index (χ1) is 7.72. The lowest BCUT2D eigenvalue weighted by molar-refractivity contribution is 0.266. The lowest BCUT2D eigenvalue weighted by atomic mass is 10.2. The zero-order chi connectivity index (χ0) is 11.5. The summed E-state index contributed by atoms with van der Waals surface area (Å²) in [5.74, 6) is 1.81. The minimum atomic E-state index is 0.196. The molecule has 1 saturated heterocycles. The minimum Gasteiger partial charge on any atom is -0.394 e. The van der Waals surface area contributed by atoms with Crippen LogP contribution in [0.5, 0.6) is 0 Å². The molecule has 1 atom stereocenters. The highest BCUT2D eigenvalue weighted by Gasteiger charge is 2.25. The SMILES string of the molecule is CN(C)c1cc(N2CCC[C@@H]2CO)ncn1. The van der Waals surface area contributed by atoms with Crippen molar-refractivity contribution in [3.63, 3.8) is 0 Å². The summed E-state index contributed by atoms with van der Waals surface area (Å²) >= 11 is 0. The summed E-state index contributed by atoms with van der Waals surface area (Å²) in [6.07, 6.45) is 3.74. The zero-order valence-corrected chi connectivity index (χ0v) is 9.80. The van der Waals surface area contributed by atoms with E-state index in [1.165, 1.54) is 0 Å². The van der Waals surface area contributed by atoms with E-state index in [9.17, 15) is 5.11 Å². The molecule has 0 spiro atoms. The van der Waals surface area contributed by atoms with E-state index in [-0.39, 0.29) is 12.6 Å². The molecule has 2 rings (SSSR count). The van der Waals surface area contributed by atoms with Crippen LogP contribution in [-0.4, -0.2) is 48.4 Å². The molecule has 0 unspecified atom stereocenters. The maximum atomic E-state index is 9.28. The summed E-state index contributed by atoms with van der Waals surface area (Å²) in [6, 6.07) is 2.18. The molecular weight excluding hydrogens is 204 g/mol. The highest BCUT2D eigenvalue weighted by molar-refractivity contribution is 5.50. The molecule has 1 N–H and O–H groups in total. The molecule has 1 aromatic rings. The van der Waals surface area contributed by atoms with E-state index in [2.05, 4.69) is 14.9 Å². The largest absolute Gasteiger partial charge is 0.394 e. The highest BCUT2D eigenvalue weighted by atomic mass is 16.3. The van der Waals surface area contributed by atoms with Crippen molar-refractivity contribution in [2.24, 2.45) is 0 Å². The molecule has 1 aliphatic heterocycles. The summed E-state index contributed by atoms with van der Waals surface area (Å²) in [5.41, 5.74) is 0. The van der Waals surface area contributed by atoms with Gasteiger partial charge in [-0.2, -0.15) is 0 Å². The van der Waals surface area contributed by atoms with Crippen LogP contribution in [0.2, 0.25) is 0 Å². The smallest absolute Gasteiger partial charge is 0.134 e. The quantitative estimate of drug-likeness (QED) is 0.807. The van der Waals surface area contributed by atoms with Gasteiger partial charge in [0.2, 0.25) is 0 Å². The molecular formula is C11H18N4O. The molecule has 1 aliphatic rings. The molecule has 5 heteroatoms. The molecule has 1 aromatic heterocycles. The number of aliphatic hydroxyl groups excluding tert-OH is 1. The first-order valence-corrected chi connectivity index (χ1v) is 5.59. The Morgan fingerprint density at radius 1 is 1.50 bits per heavy atom. The van der Waals surface area contributed by atoms with E-state index < -0.39 is 0 Å². The first-order valence-electron chi connectivity index (χ1n) is 5.59. The average Bonchev–Trinajstić information content (AvgIpc) is 2.77. The summed E-state index contributed by atoms with van der Waals surface area (Å²) in [5, 5.41) is 9.28. The molecule has 0 radical (unpaired) electrons. The summed E-state index contributed by atoms with van der Waals surface area (Å²) in [7, 11) is 3.92. The van der Waals surface area contributed by atoms with Gasteiger partial charge in [-0.1, -0.05) is 0 Å². The summed E-state index contributed by atoms with van der Waals surface area (Å²) in [6.45, 7) is 1.16. The predicted octanol–water partition coefficient (Wildman–Crippen LogP) is 0.504. The Hall–Kier alpha value is -1.36. The zero-order valence-electron chi connectivity index (χ0n) is 9.80. The molecule has 0 aliphatic carbocycles. The fourth-order valence-electron chi connectivity index (χ4n) is 2.07. The average molecular weight is 222 g/mol. The van der Waals surface area contributed by atoms with Crippen LogP contribution in [0.25, 0.3) is 0 Å². The standard InChI is InChI=1S/C11H18N4O/c1-14(2)10-6-11(13-8-12-10)15-5-3-4-9(15)7-16/h6,8-9,16H,3-5,7H2,1-2H3/t9-/m1/s1. The highest BCUT2D eigenvalue weighted by Crippen LogP contribution is 2.24. The number of aliphatic hydroxyl groups is 1. The van der Waals surface area contributed by atoms with Crippen molar-refractivity contribution in [1.29, 1.82) is 0 Å². The van der Waals surface area contributed by atoms with Gasteiger partial charge in [0.25, 0.3) is 0 Å². The second-order valence-corrected chi connectivity index (χ2v) is 4.30. The van der Waals surface area contributed by atoms with E-state index >= 15 is 0 Å². The molecule has 0 saturated carbocycles. The normalized spacial score (nSPS) is 20.2. The van der Waals surface area contributed by atoms with Crippen LogP contribution in [0.3, 0.4) is 0 Å². The predicted molar refractivity (Wildman–Crippen MR) is 63.8 cm³/mol. The van der Waals surface area contributed by atoms with Gasteiger partial charge in [-0.05, 0) is 12.8 Å². The van der Waals surface area contributed by atoms with Gasteiger partial charge in [-0.15, -0.1) is 0 Å². The molecule has 88 valence electrons. The number of anilines is 2. The number of aromatic nitrogens is 2. The van der Waals surface area contributed by atoms with E-state index in [0.717, 1.165) is 31.0 Å². The van der Waals surface area contributed by atoms with Crippen molar-refractivity contribution in [3.8, 4) is 0 Å². The second kappa shape index (κ2) is 4.65. The van der Waals surface area contributed by atoms with Crippen LogP contribution in [0, 0.1) is 0 Å². The van der Waals surface area contributed by atoms with Gasteiger partial charge >= 0.3 is 0 Å². The van der Waals surface area contributed by atoms with Crippen molar-refractivity contribution in [2.45, 2.75) is 18.9 Å². The van der Waals surface area contributed by atoms with Gasteiger partial charge in [0.05, 0.1) is 12.6 Å². The summed E-state index contributed by atoms with van der Waals surface area (Å²) < 4.78 is 0. The number of nitrogens with zero attached hydrogens (tertiary/aromatic N) is 4. The third-order valence-corrected chi connectivity index (χ3v) is 2.98. The van der Waals surface area contributed by atoms with Crippen molar-refractivity contribution in [1.82, 2.24) is 9.97 Å². The Kier molecular flexibility index (Phi) is 3.24. The topological polar surface area (TPSA) is 52.5 Å². The lowest BCUT2D eigenvalue weighted by Crippen LogP contribution is -2.32. The van der Waals surface area contributed by atoms with Gasteiger partial charge in [-0.3, -0.25) is 0 Å². The van der Waals surface area contributed by atoms with E-state index in [0.29, 0.717) is 0 Å². The Labute approximate surface area is 95.7 Å². The van der Waals surface area contributed by atoms with Crippen molar-refractivity contribution < 1.29 is 5.11 Å². The fourth-order valence-corrected chi connectivity index (χ4v) is 2.07. The maximum absolute atomic E-state index is 9.28. The molecule has 16 heavy (non-hydrogen) atoms. The van der Waals surface area contributed by atoms with E-state index in [1.807, 2.05) is 25.1 Å². The second-order valence-electron chi connectivity index (χ2n) is 4.30. The van der Waals surface area contributed by atoms with Gasteiger partial charge in [0.15, 0.2) is 0 Å². The third-order valence-electron chi connectivity index (χ3n) is 2.98. The molecule has 0 aromatic carbocycles. The number of hydrogen-bond donors (Lipinski definition) is 1. The van der Waals surface area contributed by atoms with Gasteiger partial charge in [-0.25, -0.2) is 9.97 Å². The van der Waals surface area contributed by atoms with Crippen LogP contribution >= 0.6 is 0 Å². The van der Waals surface area contributed by atoms with Crippen LogP contribution < -0.4 is 9.80 Å². The first kappa shape index (κ1) is 11.1. The monoisotopic (exact) mass is 222 g/mol. The molecule has 5 nitrogen and oxygen atoms in total. The fraction of sp³-hybridized carbons (Fsp3) is 0.636. The third kappa shape index (κ3) is 2.09. The van der Waals surface area contributed by atoms with Crippen LogP contribution in [0.1, 0.15) is 12.8 Å². The minimum absolute atomic E-state index is 0.196. The van der Waals surface area contributed by atoms with Gasteiger partial charge in [0, 0.05) is 26.7 Å². The number of rotatable bonds is 3. The number of hydrogen-bond acceptors (Lipinski definition) is 5. The molecule has 0 amide bonds. The van der Waals surface area contributed by atoms with Gasteiger partial charge < -0.3 is 14.9 Å². The Morgan fingerprint density at radius 2 is 2.31 bits per heavy atom. The van der Waals surface area contributed by atoms with Crippen molar-refractivity contribution >= 4 is 11.6 Å². The molecule has 1 fully saturated rings. The van der Waals surface area contributed by atoms with Crippen LogP contribution in [0.15, 0.2) is 12.4 Å². The summed E-state index contributed by atoms with van der Waals surface area (Å²) in [4.78, 5) is 12.6. The molecule has 0 bridgehead atoms. The Bertz CT molecular complexity index is 356. The Balaban J connectivity index is 2.22. The van der Waals surface area contributed by atoms with Gasteiger partial charge in [0.1, 0.15) is 18.0 Å².